The smallest absolute Gasteiger partial charge is 0.325 e. The van der Waals surface area contributed by atoms with E-state index in [1.54, 1.807) is 6.92 Å². The van der Waals surface area contributed by atoms with Gasteiger partial charge in [0.05, 0.1) is 6.54 Å². The van der Waals surface area contributed by atoms with Crippen molar-refractivity contribution in [2.45, 2.75) is 25.6 Å². The predicted molar refractivity (Wildman–Crippen MR) is 82.9 cm³/mol. The molecular formula is C14H21N5O6. The van der Waals surface area contributed by atoms with Crippen molar-refractivity contribution >= 4 is 29.7 Å². The zero-order chi connectivity index (χ0) is 18.8. The molecular weight excluding hydrogens is 334 g/mol. The van der Waals surface area contributed by atoms with Gasteiger partial charge in [-0.25, -0.2) is 4.79 Å². The van der Waals surface area contributed by atoms with Crippen LogP contribution in [-0.4, -0.2) is 84.5 Å². The number of piperazine rings is 1. The van der Waals surface area contributed by atoms with Gasteiger partial charge in [0.2, 0.25) is 11.6 Å². The maximum Gasteiger partial charge on any atom is 0.325 e. The Bertz CT molecular complexity index is 619. The third-order valence-corrected chi connectivity index (χ3v) is 4.21. The van der Waals surface area contributed by atoms with Crippen molar-refractivity contribution in [1.29, 1.82) is 0 Å². The number of carbonyl (C=O) groups is 5. The number of amides is 6. The largest absolute Gasteiger partial charge is 0.349 e. The molecule has 2 aliphatic rings. The van der Waals surface area contributed by atoms with Crippen LogP contribution in [0.5, 0.6) is 0 Å². The normalized spacial score (nSPS) is 24.4. The molecule has 2 aliphatic heterocycles. The van der Waals surface area contributed by atoms with Crippen molar-refractivity contribution in [2.75, 3.05) is 33.3 Å². The van der Waals surface area contributed by atoms with Gasteiger partial charge in [-0.1, -0.05) is 0 Å². The van der Waals surface area contributed by atoms with Crippen molar-refractivity contribution in [3.63, 3.8) is 0 Å². The Morgan fingerprint density at radius 3 is 2.44 bits per heavy atom. The van der Waals surface area contributed by atoms with Crippen molar-refractivity contribution in [3.8, 4) is 0 Å². The molecule has 0 aliphatic carbocycles. The molecule has 0 aromatic rings. The van der Waals surface area contributed by atoms with Gasteiger partial charge in [-0.15, -0.1) is 0 Å². The first-order valence-corrected chi connectivity index (χ1v) is 7.82. The summed E-state index contributed by atoms with van der Waals surface area (Å²) in [7, 11) is 1.28. The summed E-state index contributed by atoms with van der Waals surface area (Å²) in [6.45, 7) is 3.89. The van der Waals surface area contributed by atoms with Crippen LogP contribution in [0.2, 0.25) is 0 Å². The Morgan fingerprint density at radius 2 is 1.96 bits per heavy atom. The van der Waals surface area contributed by atoms with E-state index in [0.717, 1.165) is 4.90 Å². The number of imide groups is 1. The van der Waals surface area contributed by atoms with Crippen molar-refractivity contribution < 1.29 is 28.7 Å². The first kappa shape index (κ1) is 18.6. The van der Waals surface area contributed by atoms with Gasteiger partial charge in [0, 0.05) is 26.7 Å². The van der Waals surface area contributed by atoms with Crippen LogP contribution in [0.1, 0.15) is 13.8 Å². The van der Waals surface area contributed by atoms with Crippen LogP contribution >= 0.6 is 0 Å². The van der Waals surface area contributed by atoms with E-state index in [9.17, 15) is 24.0 Å². The van der Waals surface area contributed by atoms with Crippen molar-refractivity contribution in [2.24, 2.45) is 0 Å². The van der Waals surface area contributed by atoms with Crippen molar-refractivity contribution in [1.82, 2.24) is 25.8 Å². The Kier molecular flexibility index (Phi) is 5.26. The number of β-lactam (4-membered cyclic amide) rings is 1. The van der Waals surface area contributed by atoms with Crippen LogP contribution in [-0.2, 0) is 23.9 Å². The standard InChI is InChI=1S/C14H21N5O6/c1-4-18-5-6-19(11(22)10(18)21)13(24)16-8(2)9(20)17-14(25-3)7-15-12(14)23/h8H,4-7H2,1-3H3,(H,15,23)(H,16,24)(H,17,20)/t8-,14?/m0/s1. The van der Waals surface area contributed by atoms with E-state index in [1.165, 1.54) is 18.9 Å². The Labute approximate surface area is 144 Å². The molecule has 0 saturated carbocycles. The van der Waals surface area contributed by atoms with Gasteiger partial charge in [-0.05, 0) is 13.8 Å². The molecule has 25 heavy (non-hydrogen) atoms. The molecule has 138 valence electrons. The monoisotopic (exact) mass is 355 g/mol. The first-order chi connectivity index (χ1) is 11.8. The summed E-state index contributed by atoms with van der Waals surface area (Å²) >= 11 is 0. The van der Waals surface area contributed by atoms with Gasteiger partial charge in [0.15, 0.2) is 0 Å². The average Bonchev–Trinajstić information content (AvgIpc) is 2.59. The Balaban J connectivity index is 1.93. The summed E-state index contributed by atoms with van der Waals surface area (Å²) < 4.78 is 5.01. The number of likely N-dealkylation sites (N-methyl/N-ethyl adjacent to an activating group) is 1. The van der Waals surface area contributed by atoms with Gasteiger partial charge >= 0.3 is 17.8 Å². The zero-order valence-electron chi connectivity index (χ0n) is 14.2. The Hall–Kier alpha value is -2.69. The number of urea groups is 1. The van der Waals surface area contributed by atoms with Gasteiger partial charge in [0.1, 0.15) is 6.04 Å². The lowest BCUT2D eigenvalue weighted by Crippen LogP contribution is -2.75. The number of nitrogens with zero attached hydrogens (tertiary/aromatic N) is 2. The number of rotatable bonds is 5. The molecule has 2 atom stereocenters. The van der Waals surface area contributed by atoms with E-state index in [2.05, 4.69) is 16.0 Å². The third-order valence-electron chi connectivity index (χ3n) is 4.21. The molecule has 0 aromatic heterocycles. The molecule has 11 heteroatoms. The maximum absolute atomic E-state index is 12.2. The van der Waals surface area contributed by atoms with Gasteiger partial charge < -0.3 is 25.6 Å². The van der Waals surface area contributed by atoms with E-state index in [-0.39, 0.29) is 19.6 Å². The molecule has 0 bridgehead atoms. The van der Waals surface area contributed by atoms with Crippen LogP contribution in [0.25, 0.3) is 0 Å². The molecule has 6 amide bonds. The second-order valence-electron chi connectivity index (χ2n) is 5.72. The van der Waals surface area contributed by atoms with Crippen molar-refractivity contribution in [3.05, 3.63) is 0 Å². The fourth-order valence-corrected chi connectivity index (χ4v) is 2.44. The van der Waals surface area contributed by atoms with Crippen LogP contribution < -0.4 is 16.0 Å². The summed E-state index contributed by atoms with van der Waals surface area (Å²) in [4.78, 5) is 61.7. The lowest BCUT2D eigenvalue weighted by atomic mass is 10.1. The molecule has 2 fully saturated rings. The molecule has 11 nitrogen and oxygen atoms in total. The number of nitrogens with one attached hydrogen (secondary N) is 3. The minimum Gasteiger partial charge on any atom is -0.349 e. The highest BCUT2D eigenvalue weighted by atomic mass is 16.5. The number of carbonyl (C=O) groups excluding carboxylic acids is 5. The van der Waals surface area contributed by atoms with Crippen LogP contribution in [0, 0.1) is 0 Å². The molecule has 0 aromatic carbocycles. The summed E-state index contributed by atoms with van der Waals surface area (Å²) in [5.41, 5.74) is -1.45. The summed E-state index contributed by atoms with van der Waals surface area (Å²) in [5, 5.41) is 7.19. The minimum atomic E-state index is -1.45. The van der Waals surface area contributed by atoms with Crippen LogP contribution in [0.3, 0.4) is 0 Å². The first-order valence-electron chi connectivity index (χ1n) is 7.82. The molecule has 3 N–H and O–H groups in total. The SMILES string of the molecule is CCN1CCN(C(=O)N[C@@H](C)C(=O)NC2(OC)CNC2=O)C(=O)C1=O. The molecule has 1 unspecified atom stereocenters. The average molecular weight is 355 g/mol. The van der Waals surface area contributed by atoms with Crippen LogP contribution in [0.4, 0.5) is 4.79 Å². The molecule has 2 saturated heterocycles. The fraction of sp³-hybridized carbons (Fsp3) is 0.643. The summed E-state index contributed by atoms with van der Waals surface area (Å²) in [6, 6.07) is -1.89. The second kappa shape index (κ2) is 7.05. The number of hydrogen-bond acceptors (Lipinski definition) is 6. The van der Waals surface area contributed by atoms with Crippen LogP contribution in [0.15, 0.2) is 0 Å². The molecule has 2 heterocycles. The predicted octanol–water partition coefficient (Wildman–Crippen LogP) is -2.64. The summed E-state index contributed by atoms with van der Waals surface area (Å²) in [6.07, 6.45) is 0. The summed E-state index contributed by atoms with van der Waals surface area (Å²) in [5.74, 6) is -2.84. The zero-order valence-corrected chi connectivity index (χ0v) is 14.2. The quantitative estimate of drug-likeness (QED) is 0.280. The highest BCUT2D eigenvalue weighted by Gasteiger charge is 2.49. The maximum atomic E-state index is 12.2. The van der Waals surface area contributed by atoms with E-state index in [0.29, 0.717) is 6.54 Å². The lowest BCUT2D eigenvalue weighted by molar-refractivity contribution is -0.167. The second-order valence-corrected chi connectivity index (χ2v) is 5.72. The third kappa shape index (κ3) is 3.40. The van der Waals surface area contributed by atoms with E-state index in [4.69, 9.17) is 4.74 Å². The number of hydrogen-bond donors (Lipinski definition) is 3. The topological polar surface area (TPSA) is 137 Å². The number of methoxy groups -OCH3 is 1. The molecule has 0 spiro atoms. The lowest BCUT2D eigenvalue weighted by Gasteiger charge is -2.40. The highest BCUT2D eigenvalue weighted by molar-refractivity contribution is 6.38. The van der Waals surface area contributed by atoms with Gasteiger partial charge in [0.25, 0.3) is 5.91 Å². The molecule has 2 rings (SSSR count). The van der Waals surface area contributed by atoms with E-state index < -0.39 is 41.4 Å². The molecule has 0 radical (unpaired) electrons. The highest BCUT2D eigenvalue weighted by Crippen LogP contribution is 2.13. The Morgan fingerprint density at radius 1 is 1.28 bits per heavy atom. The fourth-order valence-electron chi connectivity index (χ4n) is 2.44. The van der Waals surface area contributed by atoms with E-state index >= 15 is 0 Å². The number of ether oxygens (including phenoxy) is 1. The minimum absolute atomic E-state index is 0.0446. The van der Waals surface area contributed by atoms with E-state index in [1.807, 2.05) is 0 Å². The van der Waals surface area contributed by atoms with Gasteiger partial charge in [-0.2, -0.15) is 0 Å². The van der Waals surface area contributed by atoms with Gasteiger partial charge in [-0.3, -0.25) is 24.1 Å².